The molecule has 0 aromatic carbocycles. The van der Waals surface area contributed by atoms with Gasteiger partial charge in [0.2, 0.25) is 0 Å². The van der Waals surface area contributed by atoms with E-state index in [0.717, 1.165) is 49.3 Å². The molecule has 0 atom stereocenters. The summed E-state index contributed by atoms with van der Waals surface area (Å²) < 4.78 is 5.45. The Morgan fingerprint density at radius 3 is 2.30 bits per heavy atom. The molecule has 0 radical (unpaired) electrons. The van der Waals surface area contributed by atoms with Crippen LogP contribution >= 0.6 is 46.1 Å². The molecular weight excluding hydrogens is 335 g/mol. The minimum Gasteiger partial charge on any atom is -0.296 e. The number of thiophene rings is 1. The molecule has 0 aliphatic carbocycles. The Kier molecular flexibility index (Phi) is 4.91. The van der Waals surface area contributed by atoms with Crippen molar-refractivity contribution in [1.82, 2.24) is 19.4 Å². The Morgan fingerprint density at radius 1 is 1.05 bits per heavy atom. The lowest BCUT2D eigenvalue weighted by Gasteiger charge is -2.34. The van der Waals surface area contributed by atoms with Gasteiger partial charge in [-0.15, -0.1) is 16.4 Å². The molecule has 2 aromatic rings. The summed E-state index contributed by atoms with van der Waals surface area (Å²) in [6.45, 7) is 5.98. The van der Waals surface area contributed by atoms with E-state index in [0.29, 0.717) is 4.34 Å². The van der Waals surface area contributed by atoms with E-state index in [-0.39, 0.29) is 0 Å². The molecule has 0 spiro atoms. The minimum atomic E-state index is 0.709. The fraction of sp³-hybridized carbons (Fsp3) is 0.500. The fourth-order valence-corrected chi connectivity index (χ4v) is 4.01. The van der Waals surface area contributed by atoms with Crippen LogP contribution in [0.5, 0.6) is 0 Å². The standard InChI is InChI=1S/C12H14Cl2N4S2/c13-11-2-1-9(19-11)7-17-3-5-18(6-4-17)8-10-12(14)20-16-15-10/h1-2H,3-8H2. The highest BCUT2D eigenvalue weighted by atomic mass is 35.5. The average Bonchev–Trinajstić information content (AvgIpc) is 3.02. The third kappa shape index (κ3) is 3.69. The largest absolute Gasteiger partial charge is 0.296 e. The van der Waals surface area contributed by atoms with E-state index in [4.69, 9.17) is 23.2 Å². The molecule has 0 bridgehead atoms. The lowest BCUT2D eigenvalue weighted by molar-refractivity contribution is 0.122. The second-order valence-electron chi connectivity index (χ2n) is 4.75. The Labute approximate surface area is 136 Å². The number of rotatable bonds is 4. The quantitative estimate of drug-likeness (QED) is 0.848. The van der Waals surface area contributed by atoms with Crippen molar-refractivity contribution < 1.29 is 0 Å². The topological polar surface area (TPSA) is 32.3 Å². The molecule has 1 aliphatic rings. The maximum atomic E-state index is 6.04. The van der Waals surface area contributed by atoms with Gasteiger partial charge in [-0.1, -0.05) is 27.7 Å². The lowest BCUT2D eigenvalue weighted by atomic mass is 10.3. The molecule has 20 heavy (non-hydrogen) atoms. The number of hydrogen-bond acceptors (Lipinski definition) is 6. The SMILES string of the molecule is Clc1ccc(CN2CCN(Cc3nnsc3Cl)CC2)s1. The molecule has 0 unspecified atom stereocenters. The molecule has 1 saturated heterocycles. The Bertz CT molecular complexity index is 563. The summed E-state index contributed by atoms with van der Waals surface area (Å²) in [5.74, 6) is 0. The lowest BCUT2D eigenvalue weighted by Crippen LogP contribution is -2.45. The van der Waals surface area contributed by atoms with E-state index in [1.165, 1.54) is 16.4 Å². The summed E-state index contributed by atoms with van der Waals surface area (Å²) in [5, 5.41) is 4.07. The van der Waals surface area contributed by atoms with Gasteiger partial charge in [-0.3, -0.25) is 9.80 Å². The molecule has 8 heteroatoms. The molecule has 3 rings (SSSR count). The molecule has 0 saturated carbocycles. The van der Waals surface area contributed by atoms with Crippen molar-refractivity contribution in [3.05, 3.63) is 31.4 Å². The second kappa shape index (κ2) is 6.68. The molecule has 0 amide bonds. The summed E-state index contributed by atoms with van der Waals surface area (Å²) in [6, 6.07) is 4.08. The van der Waals surface area contributed by atoms with Crippen molar-refractivity contribution >= 4 is 46.1 Å². The van der Waals surface area contributed by atoms with Gasteiger partial charge in [0.15, 0.2) is 0 Å². The molecule has 1 fully saturated rings. The molecule has 3 heterocycles. The highest BCUT2D eigenvalue weighted by Gasteiger charge is 2.19. The fourth-order valence-electron chi connectivity index (χ4n) is 2.27. The maximum absolute atomic E-state index is 6.04. The zero-order valence-electron chi connectivity index (χ0n) is 10.8. The Hall–Kier alpha value is -0.240. The molecule has 4 nitrogen and oxygen atoms in total. The zero-order chi connectivity index (χ0) is 13.9. The number of halogens is 2. The monoisotopic (exact) mass is 348 g/mol. The van der Waals surface area contributed by atoms with Crippen LogP contribution in [0.1, 0.15) is 10.6 Å². The van der Waals surface area contributed by atoms with Crippen molar-refractivity contribution in [3.8, 4) is 0 Å². The van der Waals surface area contributed by atoms with Crippen molar-refractivity contribution in [2.45, 2.75) is 13.1 Å². The molecule has 1 aliphatic heterocycles. The van der Waals surface area contributed by atoms with Crippen molar-refractivity contribution in [2.75, 3.05) is 26.2 Å². The van der Waals surface area contributed by atoms with E-state index in [1.807, 2.05) is 6.07 Å². The average molecular weight is 349 g/mol. The first kappa shape index (κ1) is 14.7. The summed E-state index contributed by atoms with van der Waals surface area (Å²) in [5.41, 5.74) is 0.898. The first-order chi connectivity index (χ1) is 9.70. The predicted molar refractivity (Wildman–Crippen MR) is 84.8 cm³/mol. The van der Waals surface area contributed by atoms with Crippen LogP contribution in [-0.2, 0) is 13.1 Å². The molecule has 2 aromatic heterocycles. The van der Waals surface area contributed by atoms with Crippen LogP contribution in [0.4, 0.5) is 0 Å². The maximum Gasteiger partial charge on any atom is 0.138 e. The predicted octanol–water partition coefficient (Wildman–Crippen LogP) is 3.22. The van der Waals surface area contributed by atoms with Crippen molar-refractivity contribution in [2.24, 2.45) is 0 Å². The summed E-state index contributed by atoms with van der Waals surface area (Å²) in [4.78, 5) is 6.16. The highest BCUT2D eigenvalue weighted by Crippen LogP contribution is 2.23. The van der Waals surface area contributed by atoms with Crippen LogP contribution in [0, 0.1) is 0 Å². The first-order valence-corrected chi connectivity index (χ1v) is 8.71. The van der Waals surface area contributed by atoms with E-state index in [9.17, 15) is 0 Å². The molecule has 0 N–H and O–H groups in total. The van der Waals surface area contributed by atoms with Gasteiger partial charge in [-0.2, -0.15) is 0 Å². The number of hydrogen-bond donors (Lipinski definition) is 0. The van der Waals surface area contributed by atoms with Crippen LogP contribution in [0.3, 0.4) is 0 Å². The van der Waals surface area contributed by atoms with Crippen molar-refractivity contribution in [1.29, 1.82) is 0 Å². The molecule has 108 valence electrons. The van der Waals surface area contributed by atoms with Gasteiger partial charge in [-0.05, 0) is 12.1 Å². The van der Waals surface area contributed by atoms with E-state index in [2.05, 4.69) is 25.5 Å². The van der Waals surface area contributed by atoms with Gasteiger partial charge in [0.25, 0.3) is 0 Å². The van der Waals surface area contributed by atoms with Crippen LogP contribution < -0.4 is 0 Å². The number of nitrogens with zero attached hydrogens (tertiary/aromatic N) is 4. The van der Waals surface area contributed by atoms with Crippen LogP contribution in [0.15, 0.2) is 12.1 Å². The molecular formula is C12H14Cl2N4S2. The van der Waals surface area contributed by atoms with Crippen molar-refractivity contribution in [3.63, 3.8) is 0 Å². The smallest absolute Gasteiger partial charge is 0.138 e. The number of piperazine rings is 1. The van der Waals surface area contributed by atoms with Gasteiger partial charge in [0.1, 0.15) is 10.0 Å². The summed E-state index contributed by atoms with van der Waals surface area (Å²) >= 11 is 14.9. The summed E-state index contributed by atoms with van der Waals surface area (Å²) in [7, 11) is 0. The third-order valence-electron chi connectivity index (χ3n) is 3.36. The van der Waals surface area contributed by atoms with E-state index in [1.54, 1.807) is 11.3 Å². The second-order valence-corrected chi connectivity index (χ2v) is 7.91. The first-order valence-electron chi connectivity index (χ1n) is 6.36. The van der Waals surface area contributed by atoms with E-state index >= 15 is 0 Å². The Morgan fingerprint density at radius 2 is 1.75 bits per heavy atom. The zero-order valence-corrected chi connectivity index (χ0v) is 13.9. The van der Waals surface area contributed by atoms with Gasteiger partial charge >= 0.3 is 0 Å². The number of aromatic nitrogens is 2. The van der Waals surface area contributed by atoms with Crippen LogP contribution in [0.2, 0.25) is 8.67 Å². The normalized spacial score (nSPS) is 17.7. The van der Waals surface area contributed by atoms with Gasteiger partial charge in [0.05, 0.1) is 4.34 Å². The highest BCUT2D eigenvalue weighted by molar-refractivity contribution is 7.16. The van der Waals surface area contributed by atoms with E-state index < -0.39 is 0 Å². The third-order valence-corrected chi connectivity index (χ3v) is 5.56. The van der Waals surface area contributed by atoms with Gasteiger partial charge < -0.3 is 0 Å². The van der Waals surface area contributed by atoms with Crippen LogP contribution in [0.25, 0.3) is 0 Å². The van der Waals surface area contributed by atoms with Gasteiger partial charge in [-0.25, -0.2) is 0 Å². The van der Waals surface area contributed by atoms with Crippen LogP contribution in [-0.4, -0.2) is 45.6 Å². The summed E-state index contributed by atoms with van der Waals surface area (Å²) in [6.07, 6.45) is 0. The Balaban J connectivity index is 1.48. The van der Waals surface area contributed by atoms with Gasteiger partial charge in [0, 0.05) is 55.7 Å². The minimum absolute atomic E-state index is 0.709.